The van der Waals surface area contributed by atoms with E-state index in [9.17, 15) is 4.79 Å². The van der Waals surface area contributed by atoms with Crippen molar-refractivity contribution in [1.82, 2.24) is 20.1 Å². The molecule has 20 heavy (non-hydrogen) atoms. The average molecular weight is 340 g/mol. The largest absolute Gasteiger partial charge is 0.406 e. The van der Waals surface area contributed by atoms with Crippen molar-refractivity contribution in [2.24, 2.45) is 7.05 Å². The van der Waals surface area contributed by atoms with Gasteiger partial charge in [0, 0.05) is 17.7 Å². The van der Waals surface area contributed by atoms with Crippen LogP contribution in [0.15, 0.2) is 21.2 Å². The number of rotatable bonds is 3. The van der Waals surface area contributed by atoms with Gasteiger partial charge in [-0.2, -0.15) is 0 Å². The van der Waals surface area contributed by atoms with Gasteiger partial charge in [-0.05, 0) is 41.4 Å². The molecule has 1 atom stereocenters. The van der Waals surface area contributed by atoms with Gasteiger partial charge in [-0.25, -0.2) is 0 Å². The Morgan fingerprint density at radius 1 is 1.60 bits per heavy atom. The van der Waals surface area contributed by atoms with E-state index < -0.39 is 0 Å². The van der Waals surface area contributed by atoms with Crippen LogP contribution in [-0.2, 0) is 7.05 Å². The number of carbonyl (C=O) groups is 1. The molecule has 0 aromatic carbocycles. The molecule has 1 fully saturated rings. The summed E-state index contributed by atoms with van der Waals surface area (Å²) in [6.07, 6.45) is 3.86. The molecule has 3 rings (SSSR count). The number of aromatic nitrogens is 3. The van der Waals surface area contributed by atoms with Crippen LogP contribution < -0.4 is 10.6 Å². The fourth-order valence-electron chi connectivity index (χ4n) is 2.23. The van der Waals surface area contributed by atoms with Crippen LogP contribution >= 0.6 is 15.9 Å². The van der Waals surface area contributed by atoms with Crippen LogP contribution in [0.4, 0.5) is 6.01 Å². The van der Waals surface area contributed by atoms with E-state index in [4.69, 9.17) is 4.42 Å². The highest BCUT2D eigenvalue weighted by Gasteiger charge is 2.23. The topological polar surface area (TPSA) is 85.0 Å². The quantitative estimate of drug-likeness (QED) is 0.891. The Bertz CT molecular complexity index is 630. The van der Waals surface area contributed by atoms with Gasteiger partial charge in [0.25, 0.3) is 5.91 Å². The van der Waals surface area contributed by atoms with Crippen LogP contribution in [0.3, 0.4) is 0 Å². The zero-order valence-corrected chi connectivity index (χ0v) is 12.5. The number of amides is 1. The molecule has 8 heteroatoms. The van der Waals surface area contributed by atoms with E-state index in [0.29, 0.717) is 11.6 Å². The first kappa shape index (κ1) is 13.3. The summed E-state index contributed by atoms with van der Waals surface area (Å²) in [6.45, 7) is 0.951. The first-order valence-electron chi connectivity index (χ1n) is 6.33. The summed E-state index contributed by atoms with van der Waals surface area (Å²) in [7, 11) is 1.79. The summed E-state index contributed by atoms with van der Waals surface area (Å²) in [5, 5.41) is 13.7. The minimum atomic E-state index is -0.284. The molecule has 0 radical (unpaired) electrons. The van der Waals surface area contributed by atoms with Crippen molar-refractivity contribution in [3.8, 4) is 0 Å². The maximum atomic E-state index is 12.1. The summed E-state index contributed by atoms with van der Waals surface area (Å²) < 4.78 is 8.03. The van der Waals surface area contributed by atoms with Crippen molar-refractivity contribution in [3.63, 3.8) is 0 Å². The van der Waals surface area contributed by atoms with E-state index in [1.165, 1.54) is 0 Å². The van der Waals surface area contributed by atoms with E-state index >= 15 is 0 Å². The van der Waals surface area contributed by atoms with Gasteiger partial charge < -0.3 is 14.3 Å². The molecular weight excluding hydrogens is 326 g/mol. The number of nitrogens with zero attached hydrogens (tertiary/aromatic N) is 3. The minimum Gasteiger partial charge on any atom is -0.406 e. The molecule has 2 aromatic rings. The summed E-state index contributed by atoms with van der Waals surface area (Å²) in [4.78, 5) is 12.1. The summed E-state index contributed by atoms with van der Waals surface area (Å²) in [5.41, 5.74) is 0.510. The molecule has 3 heterocycles. The zero-order chi connectivity index (χ0) is 14.1. The van der Waals surface area contributed by atoms with Crippen LogP contribution in [0.5, 0.6) is 0 Å². The van der Waals surface area contributed by atoms with E-state index in [1.54, 1.807) is 23.9 Å². The standard InChI is InChI=1S/C12H14BrN5O2/c1-18-6-7(13)5-9(18)10(19)15-12-17-16-11(20-12)8-3-2-4-14-8/h5-6,8,14H,2-4H2,1H3,(H,15,17,19). The van der Waals surface area contributed by atoms with Gasteiger partial charge in [-0.15, -0.1) is 5.10 Å². The molecule has 1 amide bonds. The molecule has 7 nitrogen and oxygen atoms in total. The number of hydrogen-bond donors (Lipinski definition) is 2. The summed E-state index contributed by atoms with van der Waals surface area (Å²) >= 11 is 3.33. The number of carbonyl (C=O) groups excluding carboxylic acids is 1. The Morgan fingerprint density at radius 2 is 2.45 bits per heavy atom. The number of aryl methyl sites for hydroxylation is 1. The molecule has 1 saturated heterocycles. The van der Waals surface area contributed by atoms with Gasteiger partial charge in [0.2, 0.25) is 5.89 Å². The Hall–Kier alpha value is -1.67. The molecule has 0 spiro atoms. The van der Waals surface area contributed by atoms with E-state index in [0.717, 1.165) is 23.9 Å². The zero-order valence-electron chi connectivity index (χ0n) is 10.9. The van der Waals surface area contributed by atoms with Crippen molar-refractivity contribution in [2.45, 2.75) is 18.9 Å². The van der Waals surface area contributed by atoms with Crippen LogP contribution in [-0.4, -0.2) is 27.2 Å². The van der Waals surface area contributed by atoms with Gasteiger partial charge in [0.15, 0.2) is 0 Å². The number of anilines is 1. The Balaban J connectivity index is 1.71. The molecule has 0 bridgehead atoms. The lowest BCUT2D eigenvalue weighted by atomic mass is 10.2. The third-order valence-electron chi connectivity index (χ3n) is 3.22. The molecule has 1 aliphatic rings. The molecule has 2 aromatic heterocycles. The third kappa shape index (κ3) is 2.61. The highest BCUT2D eigenvalue weighted by atomic mass is 79.9. The number of nitrogens with one attached hydrogen (secondary N) is 2. The molecular formula is C12H14BrN5O2. The molecule has 1 unspecified atom stereocenters. The molecule has 0 saturated carbocycles. The van der Waals surface area contributed by atoms with Crippen LogP contribution in [0.2, 0.25) is 0 Å². The fourth-order valence-corrected chi connectivity index (χ4v) is 2.76. The van der Waals surface area contributed by atoms with Crippen molar-refractivity contribution in [1.29, 1.82) is 0 Å². The summed E-state index contributed by atoms with van der Waals surface area (Å²) in [5.74, 6) is 0.235. The monoisotopic (exact) mass is 339 g/mol. The highest BCUT2D eigenvalue weighted by molar-refractivity contribution is 9.10. The lowest BCUT2D eigenvalue weighted by Crippen LogP contribution is -2.15. The van der Waals surface area contributed by atoms with E-state index in [-0.39, 0.29) is 18.0 Å². The van der Waals surface area contributed by atoms with Gasteiger partial charge >= 0.3 is 6.01 Å². The smallest absolute Gasteiger partial charge is 0.322 e. The summed E-state index contributed by atoms with van der Waals surface area (Å²) in [6, 6.07) is 1.94. The third-order valence-corrected chi connectivity index (χ3v) is 3.66. The second kappa shape index (κ2) is 5.37. The lowest BCUT2D eigenvalue weighted by Gasteiger charge is -2.03. The van der Waals surface area contributed by atoms with Crippen molar-refractivity contribution in [2.75, 3.05) is 11.9 Å². The Morgan fingerprint density at radius 3 is 3.10 bits per heavy atom. The van der Waals surface area contributed by atoms with E-state index in [1.807, 2.05) is 0 Å². The predicted octanol–water partition coefficient (Wildman–Crippen LogP) is 1.85. The van der Waals surface area contributed by atoms with E-state index in [2.05, 4.69) is 36.8 Å². The first-order valence-corrected chi connectivity index (χ1v) is 7.13. The van der Waals surface area contributed by atoms with Gasteiger partial charge in [0.05, 0.1) is 6.04 Å². The maximum absolute atomic E-state index is 12.1. The highest BCUT2D eigenvalue weighted by Crippen LogP contribution is 2.23. The molecule has 2 N–H and O–H groups in total. The van der Waals surface area contributed by atoms with Crippen LogP contribution in [0.1, 0.15) is 35.3 Å². The Kier molecular flexibility index (Phi) is 3.58. The normalized spacial score (nSPS) is 18.4. The fraction of sp³-hybridized carbons (Fsp3) is 0.417. The average Bonchev–Trinajstić information content (AvgIpc) is 3.09. The molecule has 0 aliphatic carbocycles. The number of halogens is 1. The second-order valence-electron chi connectivity index (χ2n) is 4.70. The van der Waals surface area contributed by atoms with Crippen molar-refractivity contribution < 1.29 is 9.21 Å². The predicted molar refractivity (Wildman–Crippen MR) is 75.3 cm³/mol. The maximum Gasteiger partial charge on any atom is 0.322 e. The van der Waals surface area contributed by atoms with Gasteiger partial charge in [-0.1, -0.05) is 5.10 Å². The van der Waals surface area contributed by atoms with Gasteiger partial charge in [-0.3, -0.25) is 10.1 Å². The number of hydrogen-bond acceptors (Lipinski definition) is 5. The molecule has 1 aliphatic heterocycles. The second-order valence-corrected chi connectivity index (χ2v) is 5.62. The van der Waals surface area contributed by atoms with Gasteiger partial charge in [0.1, 0.15) is 5.69 Å². The molecule has 106 valence electrons. The van der Waals surface area contributed by atoms with Crippen LogP contribution in [0, 0.1) is 0 Å². The van der Waals surface area contributed by atoms with Crippen molar-refractivity contribution in [3.05, 3.63) is 28.3 Å². The van der Waals surface area contributed by atoms with Crippen LogP contribution in [0.25, 0.3) is 0 Å². The lowest BCUT2D eigenvalue weighted by molar-refractivity contribution is 0.101. The minimum absolute atomic E-state index is 0.0948. The first-order chi connectivity index (χ1) is 9.63. The SMILES string of the molecule is Cn1cc(Br)cc1C(=O)Nc1nnc(C2CCCN2)o1. The Labute approximate surface area is 123 Å². The van der Waals surface area contributed by atoms with Crippen molar-refractivity contribution >= 4 is 27.9 Å².